The lowest BCUT2D eigenvalue weighted by atomic mass is 10.2. The number of benzene rings is 2. The number of hydrogen-bond donors (Lipinski definition) is 1. The molecule has 9 nitrogen and oxygen atoms in total. The van der Waals surface area contributed by atoms with E-state index in [1.807, 2.05) is 51.1 Å². The van der Waals surface area contributed by atoms with Gasteiger partial charge in [0.25, 0.3) is 17.2 Å². The molecule has 33 heavy (non-hydrogen) atoms. The normalized spacial score (nSPS) is 11.0. The highest BCUT2D eigenvalue weighted by Crippen LogP contribution is 2.26. The summed E-state index contributed by atoms with van der Waals surface area (Å²) in [4.78, 5) is 33.6. The summed E-state index contributed by atoms with van der Waals surface area (Å²) in [6.45, 7) is 5.76. The topological polar surface area (TPSA) is 99.7 Å². The fourth-order valence-electron chi connectivity index (χ4n) is 3.27. The monoisotopic (exact) mass is 447 g/mol. The first kappa shape index (κ1) is 22.1. The molecule has 0 fully saturated rings. The van der Waals surface area contributed by atoms with Crippen LogP contribution in [0.5, 0.6) is 11.5 Å². The molecule has 1 amide bonds. The van der Waals surface area contributed by atoms with Crippen molar-refractivity contribution in [2.45, 2.75) is 33.4 Å². The maximum atomic E-state index is 12.6. The molecule has 0 saturated carbocycles. The van der Waals surface area contributed by atoms with Crippen LogP contribution in [0.25, 0.3) is 5.78 Å². The van der Waals surface area contributed by atoms with Crippen molar-refractivity contribution in [3.05, 3.63) is 82.5 Å². The van der Waals surface area contributed by atoms with E-state index in [9.17, 15) is 9.59 Å². The van der Waals surface area contributed by atoms with Crippen LogP contribution in [0.15, 0.2) is 65.7 Å². The fraction of sp³-hybridized carbons (Fsp3) is 0.250. The summed E-state index contributed by atoms with van der Waals surface area (Å²) < 4.78 is 14.6. The first-order chi connectivity index (χ1) is 15.9. The van der Waals surface area contributed by atoms with Crippen LogP contribution in [0.2, 0.25) is 0 Å². The lowest BCUT2D eigenvalue weighted by Gasteiger charge is -2.14. The zero-order chi connectivity index (χ0) is 23.4. The average Bonchev–Trinajstić information content (AvgIpc) is 3.23. The lowest BCUT2D eigenvalue weighted by Crippen LogP contribution is -2.23. The highest BCUT2D eigenvalue weighted by molar-refractivity contribution is 5.93. The molecule has 170 valence electrons. The number of carbonyl (C=O) groups is 1. The number of nitrogens with one attached hydrogen (secondary N) is 1. The predicted molar refractivity (Wildman–Crippen MR) is 124 cm³/mol. The number of hydrogen-bond acceptors (Lipinski definition) is 6. The third-order valence-corrected chi connectivity index (χ3v) is 4.88. The summed E-state index contributed by atoms with van der Waals surface area (Å²) >= 11 is 0. The Hall–Kier alpha value is -4.14. The van der Waals surface area contributed by atoms with Crippen molar-refractivity contribution >= 4 is 17.4 Å². The van der Waals surface area contributed by atoms with Gasteiger partial charge >= 0.3 is 0 Å². The van der Waals surface area contributed by atoms with Gasteiger partial charge in [-0.1, -0.05) is 24.3 Å². The van der Waals surface area contributed by atoms with Gasteiger partial charge < -0.3 is 14.8 Å². The van der Waals surface area contributed by atoms with Crippen LogP contribution in [0.1, 0.15) is 31.1 Å². The molecular weight excluding hydrogens is 422 g/mol. The van der Waals surface area contributed by atoms with E-state index in [2.05, 4.69) is 15.3 Å². The van der Waals surface area contributed by atoms with Crippen molar-refractivity contribution in [3.8, 4) is 11.5 Å². The second kappa shape index (κ2) is 9.56. The molecule has 0 aliphatic carbocycles. The molecule has 1 N–H and O–H groups in total. The minimum atomic E-state index is -0.315. The molecule has 4 aromatic rings. The van der Waals surface area contributed by atoms with Crippen molar-refractivity contribution in [1.82, 2.24) is 19.2 Å². The molecule has 0 atom stereocenters. The van der Waals surface area contributed by atoms with Gasteiger partial charge in [0.2, 0.25) is 0 Å². The van der Waals surface area contributed by atoms with Gasteiger partial charge in [-0.25, -0.2) is 4.98 Å². The maximum Gasteiger partial charge on any atom is 0.274 e. The summed E-state index contributed by atoms with van der Waals surface area (Å²) in [6.07, 6.45) is 1.59. The van der Waals surface area contributed by atoms with Gasteiger partial charge in [-0.15, -0.1) is 0 Å². The molecule has 4 rings (SSSR count). The minimum absolute atomic E-state index is 0.0487. The maximum absolute atomic E-state index is 12.6. The summed E-state index contributed by atoms with van der Waals surface area (Å²) in [5.74, 6) is 1.08. The quantitative estimate of drug-likeness (QED) is 0.445. The van der Waals surface area contributed by atoms with Crippen molar-refractivity contribution in [2.24, 2.45) is 0 Å². The molecule has 0 unspecified atom stereocenters. The largest absolute Gasteiger partial charge is 0.485 e. The Bertz CT molecular complexity index is 1330. The van der Waals surface area contributed by atoms with E-state index in [1.165, 1.54) is 10.6 Å². The van der Waals surface area contributed by atoms with Gasteiger partial charge in [0.1, 0.15) is 24.4 Å². The number of nitrogens with zero attached hydrogens (tertiary/aromatic N) is 4. The average molecular weight is 447 g/mol. The van der Waals surface area contributed by atoms with Gasteiger partial charge in [0.05, 0.1) is 11.4 Å². The Labute approximate surface area is 190 Å². The van der Waals surface area contributed by atoms with Crippen molar-refractivity contribution < 1.29 is 14.3 Å². The van der Waals surface area contributed by atoms with Crippen LogP contribution >= 0.6 is 0 Å². The summed E-state index contributed by atoms with van der Waals surface area (Å²) in [6, 6.07) is 16.1. The first-order valence-electron chi connectivity index (χ1n) is 10.6. The van der Waals surface area contributed by atoms with Crippen LogP contribution in [-0.2, 0) is 11.4 Å². The molecule has 0 spiro atoms. The number of para-hydroxylation sites is 1. The molecule has 0 aliphatic rings. The number of carbonyl (C=O) groups excluding carboxylic acids is 1. The number of aromatic nitrogens is 4. The number of fused-ring (bicyclic) bond motifs is 1. The minimum Gasteiger partial charge on any atom is -0.485 e. The summed E-state index contributed by atoms with van der Waals surface area (Å²) in [5.41, 5.74) is 1.67. The highest BCUT2D eigenvalue weighted by atomic mass is 16.5. The van der Waals surface area contributed by atoms with Crippen molar-refractivity contribution in [3.63, 3.8) is 0 Å². The second-order valence-corrected chi connectivity index (χ2v) is 7.85. The summed E-state index contributed by atoms with van der Waals surface area (Å²) in [5, 5.41) is 2.81. The SMILES string of the molecule is Cc1ccc(NC(=O)COc2ccccc2)c(OCc2cc(=O)n3c(ncn3C(C)C)n2)c1. The molecule has 0 saturated heterocycles. The molecule has 0 bridgehead atoms. The summed E-state index contributed by atoms with van der Waals surface area (Å²) in [7, 11) is 0. The van der Waals surface area contributed by atoms with Gasteiger partial charge in [-0.05, 0) is 50.6 Å². The number of amides is 1. The van der Waals surface area contributed by atoms with E-state index in [0.717, 1.165) is 5.56 Å². The van der Waals surface area contributed by atoms with Gasteiger partial charge in [0, 0.05) is 12.1 Å². The van der Waals surface area contributed by atoms with Crippen molar-refractivity contribution in [1.29, 1.82) is 0 Å². The fourth-order valence-corrected chi connectivity index (χ4v) is 3.27. The number of ether oxygens (including phenoxy) is 2. The second-order valence-electron chi connectivity index (χ2n) is 7.85. The molecule has 9 heteroatoms. The van der Waals surface area contributed by atoms with E-state index < -0.39 is 0 Å². The smallest absolute Gasteiger partial charge is 0.274 e. The Kier molecular flexibility index (Phi) is 6.39. The standard InChI is InChI=1S/C24H25N5O4/c1-16(2)28-15-25-24-26-18(12-23(31)29(24)28)13-33-21-11-17(3)9-10-20(21)27-22(30)14-32-19-7-5-4-6-8-19/h4-12,15-16H,13-14H2,1-3H3,(H,27,30). The number of aryl methyl sites for hydroxylation is 1. The number of anilines is 1. The van der Waals surface area contributed by atoms with E-state index in [-0.39, 0.29) is 30.7 Å². The van der Waals surface area contributed by atoms with Gasteiger partial charge in [-0.2, -0.15) is 9.50 Å². The Morgan fingerprint density at radius 2 is 1.88 bits per heavy atom. The zero-order valence-electron chi connectivity index (χ0n) is 18.7. The molecular formula is C24H25N5O4. The first-order valence-corrected chi connectivity index (χ1v) is 10.6. The lowest BCUT2D eigenvalue weighted by molar-refractivity contribution is -0.118. The Balaban J connectivity index is 1.46. The Morgan fingerprint density at radius 1 is 1.09 bits per heavy atom. The van der Waals surface area contributed by atoms with Crippen LogP contribution in [0.4, 0.5) is 5.69 Å². The van der Waals surface area contributed by atoms with E-state index in [1.54, 1.807) is 29.2 Å². The molecule has 0 aliphatic heterocycles. The van der Waals surface area contributed by atoms with Crippen LogP contribution in [0, 0.1) is 6.92 Å². The molecule has 2 heterocycles. The molecule has 2 aromatic carbocycles. The predicted octanol–water partition coefficient (Wildman–Crippen LogP) is 3.38. The van der Waals surface area contributed by atoms with Crippen LogP contribution in [0.3, 0.4) is 0 Å². The van der Waals surface area contributed by atoms with E-state index >= 15 is 0 Å². The number of rotatable bonds is 8. The molecule has 2 aromatic heterocycles. The Morgan fingerprint density at radius 3 is 2.64 bits per heavy atom. The van der Waals surface area contributed by atoms with Gasteiger partial charge in [-0.3, -0.25) is 14.3 Å². The van der Waals surface area contributed by atoms with E-state index in [0.29, 0.717) is 28.7 Å². The van der Waals surface area contributed by atoms with E-state index in [4.69, 9.17) is 9.47 Å². The third-order valence-electron chi connectivity index (χ3n) is 4.88. The van der Waals surface area contributed by atoms with Crippen LogP contribution < -0.4 is 20.3 Å². The highest BCUT2D eigenvalue weighted by Gasteiger charge is 2.13. The molecule has 0 radical (unpaired) electrons. The van der Waals surface area contributed by atoms with Gasteiger partial charge in [0.15, 0.2) is 6.61 Å². The third kappa shape index (κ3) is 5.20. The van der Waals surface area contributed by atoms with Crippen LogP contribution in [-0.4, -0.2) is 31.7 Å². The zero-order valence-corrected chi connectivity index (χ0v) is 18.7. The van der Waals surface area contributed by atoms with Crippen molar-refractivity contribution in [2.75, 3.05) is 11.9 Å².